The monoisotopic (exact) mass is 352 g/mol. The van der Waals surface area contributed by atoms with Crippen LogP contribution in [0.3, 0.4) is 0 Å². The standard InChI is InChI=1S/C25H20O2/c1-17-2-4-18(5-3-17)21-14-22(19-6-10-24(26)11-7-19)16-23(15-21)20-8-12-25(27)13-9-20/h2-16,26-27H,1H3. The largest absolute Gasteiger partial charge is 0.508 e. The number of hydrogen-bond donors (Lipinski definition) is 2. The lowest BCUT2D eigenvalue weighted by Crippen LogP contribution is -1.86. The highest BCUT2D eigenvalue weighted by Gasteiger charge is 2.08. The van der Waals surface area contributed by atoms with E-state index in [2.05, 4.69) is 49.4 Å². The maximum Gasteiger partial charge on any atom is 0.115 e. The van der Waals surface area contributed by atoms with Crippen LogP contribution in [0.5, 0.6) is 11.5 Å². The van der Waals surface area contributed by atoms with Crippen LogP contribution in [0.1, 0.15) is 5.56 Å². The minimum absolute atomic E-state index is 0.257. The zero-order valence-electron chi connectivity index (χ0n) is 15.1. The van der Waals surface area contributed by atoms with Crippen molar-refractivity contribution in [3.05, 3.63) is 96.6 Å². The van der Waals surface area contributed by atoms with Crippen LogP contribution in [0.15, 0.2) is 91.0 Å². The summed E-state index contributed by atoms with van der Waals surface area (Å²) in [6.07, 6.45) is 0. The van der Waals surface area contributed by atoms with Crippen molar-refractivity contribution in [3.63, 3.8) is 0 Å². The molecule has 0 heterocycles. The summed E-state index contributed by atoms with van der Waals surface area (Å²) in [7, 11) is 0. The highest BCUT2D eigenvalue weighted by molar-refractivity contribution is 5.81. The second kappa shape index (κ2) is 7.00. The third-order valence-electron chi connectivity index (χ3n) is 4.72. The molecule has 0 spiro atoms. The fraction of sp³-hybridized carbons (Fsp3) is 0.0400. The van der Waals surface area contributed by atoms with E-state index in [0.29, 0.717) is 0 Å². The molecule has 0 aliphatic heterocycles. The normalized spacial score (nSPS) is 10.7. The lowest BCUT2D eigenvalue weighted by molar-refractivity contribution is 0.475. The first-order valence-corrected chi connectivity index (χ1v) is 8.89. The predicted octanol–water partition coefficient (Wildman–Crippen LogP) is 6.41. The van der Waals surface area contributed by atoms with Crippen LogP contribution >= 0.6 is 0 Å². The Morgan fingerprint density at radius 2 is 0.704 bits per heavy atom. The molecular formula is C25H20O2. The van der Waals surface area contributed by atoms with Crippen LogP contribution in [0.25, 0.3) is 33.4 Å². The molecule has 0 aliphatic rings. The first kappa shape index (κ1) is 16.9. The van der Waals surface area contributed by atoms with Crippen LogP contribution in [-0.4, -0.2) is 10.2 Å². The van der Waals surface area contributed by atoms with Crippen LogP contribution < -0.4 is 0 Å². The Bertz CT molecular complexity index is 907. The number of phenols is 2. The molecule has 2 N–H and O–H groups in total. The molecule has 0 atom stereocenters. The maximum absolute atomic E-state index is 9.60. The minimum Gasteiger partial charge on any atom is -0.508 e. The summed E-state index contributed by atoms with van der Waals surface area (Å²) >= 11 is 0. The van der Waals surface area contributed by atoms with Crippen molar-refractivity contribution in [3.8, 4) is 44.9 Å². The molecule has 0 unspecified atom stereocenters. The average Bonchev–Trinajstić information content (AvgIpc) is 2.69. The van der Waals surface area contributed by atoms with Gasteiger partial charge in [-0.2, -0.15) is 0 Å². The molecule has 0 saturated heterocycles. The Morgan fingerprint density at radius 3 is 1.04 bits per heavy atom. The van der Waals surface area contributed by atoms with E-state index in [1.807, 2.05) is 24.3 Å². The van der Waals surface area contributed by atoms with E-state index in [1.165, 1.54) is 5.56 Å². The molecule has 132 valence electrons. The molecule has 0 aromatic heterocycles. The van der Waals surface area contributed by atoms with Gasteiger partial charge in [-0.1, -0.05) is 54.1 Å². The Hall–Kier alpha value is -3.52. The Kier molecular flexibility index (Phi) is 4.39. The van der Waals surface area contributed by atoms with Gasteiger partial charge in [0.05, 0.1) is 0 Å². The zero-order chi connectivity index (χ0) is 18.8. The number of phenolic OH excluding ortho intramolecular Hbond substituents is 2. The first-order chi connectivity index (χ1) is 13.1. The summed E-state index contributed by atoms with van der Waals surface area (Å²) in [4.78, 5) is 0. The van der Waals surface area contributed by atoms with Crippen molar-refractivity contribution < 1.29 is 10.2 Å². The molecule has 0 aliphatic carbocycles. The van der Waals surface area contributed by atoms with Gasteiger partial charge in [0, 0.05) is 0 Å². The number of benzene rings is 4. The van der Waals surface area contributed by atoms with Gasteiger partial charge in [0.1, 0.15) is 11.5 Å². The minimum atomic E-state index is 0.257. The topological polar surface area (TPSA) is 40.5 Å². The average molecular weight is 352 g/mol. The van der Waals surface area contributed by atoms with Gasteiger partial charge in [-0.15, -0.1) is 0 Å². The molecule has 2 nitrogen and oxygen atoms in total. The maximum atomic E-state index is 9.60. The SMILES string of the molecule is Cc1ccc(-c2cc(-c3ccc(O)cc3)cc(-c3ccc(O)cc3)c2)cc1. The Morgan fingerprint density at radius 1 is 0.407 bits per heavy atom. The van der Waals surface area contributed by atoms with E-state index in [1.54, 1.807) is 24.3 Å². The fourth-order valence-electron chi connectivity index (χ4n) is 3.18. The number of hydrogen-bond acceptors (Lipinski definition) is 2. The summed E-state index contributed by atoms with van der Waals surface area (Å²) in [5.41, 5.74) is 7.76. The van der Waals surface area contributed by atoms with E-state index >= 15 is 0 Å². The molecule has 4 aromatic carbocycles. The van der Waals surface area contributed by atoms with E-state index < -0.39 is 0 Å². The summed E-state index contributed by atoms with van der Waals surface area (Å²) < 4.78 is 0. The highest BCUT2D eigenvalue weighted by Crippen LogP contribution is 2.34. The first-order valence-electron chi connectivity index (χ1n) is 8.89. The highest BCUT2D eigenvalue weighted by atomic mass is 16.3. The van der Waals surface area contributed by atoms with Gasteiger partial charge < -0.3 is 10.2 Å². The third kappa shape index (κ3) is 3.70. The van der Waals surface area contributed by atoms with Crippen molar-refractivity contribution in [1.29, 1.82) is 0 Å². The summed E-state index contributed by atoms with van der Waals surface area (Å²) in [6, 6.07) is 29.5. The second-order valence-corrected chi connectivity index (χ2v) is 6.76. The smallest absolute Gasteiger partial charge is 0.115 e. The molecule has 0 saturated carbocycles. The van der Waals surface area contributed by atoms with Gasteiger partial charge in [0.25, 0.3) is 0 Å². The molecule has 4 rings (SSSR count). The van der Waals surface area contributed by atoms with Gasteiger partial charge in [0.2, 0.25) is 0 Å². The number of rotatable bonds is 3. The molecule has 0 amide bonds. The summed E-state index contributed by atoms with van der Waals surface area (Å²) in [5.74, 6) is 0.513. The van der Waals surface area contributed by atoms with Crippen LogP contribution in [0.2, 0.25) is 0 Å². The molecular weight excluding hydrogens is 332 g/mol. The van der Waals surface area contributed by atoms with Crippen molar-refractivity contribution in [2.75, 3.05) is 0 Å². The van der Waals surface area contributed by atoms with Crippen molar-refractivity contribution in [1.82, 2.24) is 0 Å². The summed E-state index contributed by atoms with van der Waals surface area (Å²) in [6.45, 7) is 2.08. The van der Waals surface area contributed by atoms with Gasteiger partial charge >= 0.3 is 0 Å². The molecule has 27 heavy (non-hydrogen) atoms. The van der Waals surface area contributed by atoms with Crippen molar-refractivity contribution >= 4 is 0 Å². The van der Waals surface area contributed by atoms with E-state index in [0.717, 1.165) is 33.4 Å². The fourth-order valence-corrected chi connectivity index (χ4v) is 3.18. The lowest BCUT2D eigenvalue weighted by atomic mass is 9.93. The molecule has 2 heteroatoms. The molecule has 4 aromatic rings. The van der Waals surface area contributed by atoms with Gasteiger partial charge in [0.15, 0.2) is 0 Å². The molecule has 0 radical (unpaired) electrons. The van der Waals surface area contributed by atoms with Crippen LogP contribution in [0, 0.1) is 6.92 Å². The van der Waals surface area contributed by atoms with Gasteiger partial charge in [-0.25, -0.2) is 0 Å². The zero-order valence-corrected chi connectivity index (χ0v) is 15.1. The Labute approximate surface area is 159 Å². The van der Waals surface area contributed by atoms with Gasteiger partial charge in [-0.05, 0) is 82.8 Å². The Balaban J connectivity index is 1.89. The second-order valence-electron chi connectivity index (χ2n) is 6.76. The third-order valence-corrected chi connectivity index (χ3v) is 4.72. The van der Waals surface area contributed by atoms with Crippen molar-refractivity contribution in [2.45, 2.75) is 6.92 Å². The predicted molar refractivity (Wildman–Crippen MR) is 111 cm³/mol. The lowest BCUT2D eigenvalue weighted by Gasteiger charge is -2.12. The number of aromatic hydroxyl groups is 2. The van der Waals surface area contributed by atoms with E-state index in [4.69, 9.17) is 0 Å². The summed E-state index contributed by atoms with van der Waals surface area (Å²) in [5, 5.41) is 19.2. The van der Waals surface area contributed by atoms with Gasteiger partial charge in [-0.3, -0.25) is 0 Å². The van der Waals surface area contributed by atoms with E-state index in [-0.39, 0.29) is 11.5 Å². The molecule has 0 bridgehead atoms. The van der Waals surface area contributed by atoms with Crippen molar-refractivity contribution in [2.24, 2.45) is 0 Å². The van der Waals surface area contributed by atoms with E-state index in [9.17, 15) is 10.2 Å². The molecule has 0 fully saturated rings. The number of aryl methyl sites for hydroxylation is 1. The van der Waals surface area contributed by atoms with Crippen LogP contribution in [0.4, 0.5) is 0 Å². The van der Waals surface area contributed by atoms with Crippen LogP contribution in [-0.2, 0) is 0 Å². The quantitative estimate of drug-likeness (QED) is 0.447.